The van der Waals surface area contributed by atoms with Gasteiger partial charge < -0.3 is 30.9 Å². The van der Waals surface area contributed by atoms with Gasteiger partial charge in [0.1, 0.15) is 5.69 Å². The van der Waals surface area contributed by atoms with Crippen molar-refractivity contribution in [1.29, 1.82) is 0 Å². The number of thiophene rings is 1. The molecular formula is C53H36F3N7O9RuS2. The second kappa shape index (κ2) is 24.5. The van der Waals surface area contributed by atoms with Gasteiger partial charge in [0.15, 0.2) is 17.2 Å². The third kappa shape index (κ3) is 13.0. The van der Waals surface area contributed by atoms with Crippen molar-refractivity contribution >= 4 is 65.2 Å². The van der Waals surface area contributed by atoms with Gasteiger partial charge in [0.2, 0.25) is 16.3 Å². The molecule has 0 bridgehead atoms. The summed E-state index contributed by atoms with van der Waals surface area (Å²) in [4.78, 5) is 89.2. The van der Waals surface area contributed by atoms with Crippen molar-refractivity contribution in [3.05, 3.63) is 196 Å². The molecule has 16 nitrogen and oxygen atoms in total. The quantitative estimate of drug-likeness (QED) is 0.0287. The average Bonchev–Trinajstić information content (AvgIpc) is 4.12. The molecule has 0 spiro atoms. The van der Waals surface area contributed by atoms with E-state index in [1.54, 1.807) is 60.0 Å². The van der Waals surface area contributed by atoms with E-state index in [1.807, 2.05) is 6.07 Å². The number of hydrogen-bond donors (Lipinski definition) is 3. The number of isothiocyanates is 1. The molecule has 0 aliphatic heterocycles. The number of unbranched alkanes of at least 4 members (excludes halogenated alkanes) is 3. The molecule has 9 rings (SSSR count). The monoisotopic (exact) mass is 1140 g/mol. The molecule has 6 aromatic heterocycles. The third-order valence-electron chi connectivity index (χ3n) is 11.1. The molecule has 0 saturated carbocycles. The minimum absolute atomic E-state index is 0. The Bertz CT molecular complexity index is 3770. The molecule has 22 heteroatoms. The first-order valence-electron chi connectivity index (χ1n) is 22.1. The molecule has 0 aliphatic carbocycles. The van der Waals surface area contributed by atoms with Gasteiger partial charge in [-0.1, -0.05) is 62.3 Å². The Balaban J connectivity index is 0.000000259. The van der Waals surface area contributed by atoms with Crippen LogP contribution in [0.15, 0.2) is 114 Å². The summed E-state index contributed by atoms with van der Waals surface area (Å²) in [5.41, 5.74) is -2.05. The van der Waals surface area contributed by atoms with Crippen LogP contribution in [0.2, 0.25) is 0 Å². The van der Waals surface area contributed by atoms with Crippen molar-refractivity contribution in [3.63, 3.8) is 0 Å². The minimum atomic E-state index is -4.50. The first kappa shape index (κ1) is 55.9. The summed E-state index contributed by atoms with van der Waals surface area (Å²) >= 11 is 5.41. The standard InChI is InChI=1S/C33H17N3O9.C19H19F3N3S.CNS.Ru/c37-25-18(26(38)31(25)43)4-1-15-7-9-34-21(11-15)23-13-17(3-6-20-29(41)33(45)30(20)42)14-24(36-23)22-12-16(8-10-35-22)2-5-19-27(39)32(44)28(19)40;1-2-3-4-5-6-14-7-8-17(26-14)13-9-10-23-15(11-13)16-12-18(25-24-16)19(20,21)22;2-1-3;/h1-14,37,39,41H;7-12H,2-6H2,1H3;;/q;2*-1;+2/b4-1+,5-2+,6-3+;;;. The summed E-state index contributed by atoms with van der Waals surface area (Å²) in [5.74, 6) is -1.83. The summed E-state index contributed by atoms with van der Waals surface area (Å²) in [6.07, 6.45) is 14.5. The molecule has 3 N–H and O–H groups in total. The second-order valence-electron chi connectivity index (χ2n) is 16.1. The summed E-state index contributed by atoms with van der Waals surface area (Å²) in [5, 5.41) is 44.3. The molecule has 0 unspecified atom stereocenters. The molecule has 3 aromatic carbocycles. The molecule has 378 valence electrons. The van der Waals surface area contributed by atoms with Crippen LogP contribution >= 0.6 is 23.6 Å². The Morgan fingerprint density at radius 1 is 0.613 bits per heavy atom. The predicted octanol–water partition coefficient (Wildman–Crippen LogP) is 8.25. The zero-order valence-electron chi connectivity index (χ0n) is 38.8. The van der Waals surface area contributed by atoms with Gasteiger partial charge in [0, 0.05) is 28.3 Å². The molecule has 0 atom stereocenters. The zero-order valence-corrected chi connectivity index (χ0v) is 42.2. The molecule has 0 saturated heterocycles. The smallest absolute Gasteiger partial charge is 0.753 e. The van der Waals surface area contributed by atoms with Gasteiger partial charge >= 0.3 is 25.7 Å². The SMILES string of the molecule is CCCCCCc1ccc(-c2ccnc(-c3cc(C(F)(F)F)n[n-]3)c2)s1.O=c1c(O)c(/C=C/c2ccnc(-c3cc(/C=C/c4c(O)c(=O)c4=O)cc(-c4cc(/C=C/c5c(O)c(=O)c5=O)ccn4)n3)c2)c1=O.[N-]=C=S.[Ru+2]. The molecule has 0 radical (unpaired) electrons. The summed E-state index contributed by atoms with van der Waals surface area (Å²) < 4.78 is 38.1. The fourth-order valence-corrected chi connectivity index (χ4v) is 8.21. The Morgan fingerprint density at radius 3 is 1.55 bits per heavy atom. The number of alkyl halides is 3. The summed E-state index contributed by atoms with van der Waals surface area (Å²) in [6, 6.07) is 18.5. The number of rotatable bonds is 15. The maximum atomic E-state index is 12.7. The van der Waals surface area contributed by atoms with Crippen LogP contribution in [-0.2, 0) is 32.1 Å². The summed E-state index contributed by atoms with van der Waals surface area (Å²) in [6.45, 7) is 2.19. The van der Waals surface area contributed by atoms with E-state index >= 15 is 0 Å². The zero-order chi connectivity index (χ0) is 53.3. The third-order valence-corrected chi connectivity index (χ3v) is 12.3. The number of aromatic nitrogens is 6. The minimum Gasteiger partial charge on any atom is -0.753 e. The van der Waals surface area contributed by atoms with E-state index in [0.29, 0.717) is 45.2 Å². The molecule has 75 heavy (non-hydrogen) atoms. The van der Waals surface area contributed by atoms with Gasteiger partial charge in [0.25, 0.3) is 16.3 Å². The largest absolute Gasteiger partial charge is 2.00 e. The molecule has 0 aliphatic rings. The van der Waals surface area contributed by atoms with E-state index < -0.39 is 61.7 Å². The van der Waals surface area contributed by atoms with E-state index in [1.165, 1.54) is 84.6 Å². The maximum Gasteiger partial charge on any atom is 2.00 e. The van der Waals surface area contributed by atoms with Crippen LogP contribution < -0.4 is 37.7 Å². The van der Waals surface area contributed by atoms with Crippen LogP contribution in [0.1, 0.15) is 76.6 Å². The maximum absolute atomic E-state index is 12.7. The number of nitrogens with zero attached hydrogens (tertiary/aromatic N) is 7. The van der Waals surface area contributed by atoms with E-state index in [4.69, 9.17) is 5.41 Å². The summed E-state index contributed by atoms with van der Waals surface area (Å²) in [7, 11) is 0. The molecular weight excluding hydrogens is 1100 g/mol. The van der Waals surface area contributed by atoms with Crippen LogP contribution in [0.5, 0.6) is 17.2 Å². The Hall–Kier alpha value is -8.42. The van der Waals surface area contributed by atoms with Crippen molar-refractivity contribution in [2.45, 2.75) is 45.2 Å². The predicted molar refractivity (Wildman–Crippen MR) is 279 cm³/mol. The first-order valence-corrected chi connectivity index (χ1v) is 23.3. The van der Waals surface area contributed by atoms with E-state index in [2.05, 4.69) is 61.4 Å². The van der Waals surface area contributed by atoms with Gasteiger partial charge in [-0.15, -0.1) is 11.3 Å². The number of pyridine rings is 4. The van der Waals surface area contributed by atoms with E-state index in [9.17, 15) is 57.3 Å². The fourth-order valence-electron chi connectivity index (χ4n) is 7.16. The van der Waals surface area contributed by atoms with Crippen LogP contribution in [0.25, 0.3) is 86.5 Å². The number of hydrogen-bond acceptors (Lipinski definition) is 16. The van der Waals surface area contributed by atoms with Crippen molar-refractivity contribution < 1.29 is 48.0 Å². The first-order chi connectivity index (χ1) is 35.4. The number of halogens is 3. The molecule has 6 heterocycles. The van der Waals surface area contributed by atoms with Crippen LogP contribution in [0.4, 0.5) is 13.2 Å². The van der Waals surface area contributed by atoms with Gasteiger partial charge in [-0.3, -0.25) is 43.7 Å². The van der Waals surface area contributed by atoms with Gasteiger partial charge in [-0.05, 0) is 120 Å². The van der Waals surface area contributed by atoms with E-state index in [0.717, 1.165) is 22.9 Å². The second-order valence-corrected chi connectivity index (χ2v) is 17.4. The van der Waals surface area contributed by atoms with Crippen LogP contribution in [0.3, 0.4) is 0 Å². The average molecular weight is 1140 g/mol. The normalized spacial score (nSPS) is 11.5. The van der Waals surface area contributed by atoms with Crippen molar-refractivity contribution in [1.82, 2.24) is 30.1 Å². The van der Waals surface area contributed by atoms with Gasteiger partial charge in [-0.2, -0.15) is 18.3 Å². The van der Waals surface area contributed by atoms with Crippen molar-refractivity contribution in [3.8, 4) is 61.9 Å². The van der Waals surface area contributed by atoms with Crippen molar-refractivity contribution in [2.24, 2.45) is 0 Å². The Labute approximate surface area is 444 Å². The van der Waals surface area contributed by atoms with Gasteiger partial charge in [-0.25, -0.2) is 4.98 Å². The fraction of sp³-hybridized carbons (Fsp3) is 0.132. The van der Waals surface area contributed by atoms with Crippen LogP contribution in [0, 0.1) is 0 Å². The Kier molecular flexibility index (Phi) is 18.3. The van der Waals surface area contributed by atoms with Crippen molar-refractivity contribution in [2.75, 3.05) is 0 Å². The van der Waals surface area contributed by atoms with Crippen LogP contribution in [-0.4, -0.2) is 45.5 Å². The van der Waals surface area contributed by atoms with Gasteiger partial charge in [0.05, 0.1) is 45.2 Å². The Morgan fingerprint density at radius 2 is 1.08 bits per heavy atom. The molecule has 0 fully saturated rings. The number of aromatic hydroxyl groups is 3. The molecule has 0 amide bonds. The topological polar surface area (TPSA) is 264 Å². The molecule has 9 aromatic rings. The number of thiocarbonyl (C=S) groups is 1. The number of aryl methyl sites for hydroxylation is 1. The van der Waals surface area contributed by atoms with E-state index in [-0.39, 0.29) is 41.9 Å².